The molecule has 0 unspecified atom stereocenters. The Morgan fingerprint density at radius 2 is 1.96 bits per heavy atom. The fourth-order valence-electron chi connectivity index (χ4n) is 2.59. The molecule has 2 aromatic heterocycles. The van der Waals surface area contributed by atoms with E-state index in [1.165, 1.54) is 0 Å². The fourth-order valence-corrected chi connectivity index (χ4v) is 2.59. The Morgan fingerprint density at radius 3 is 2.70 bits per heavy atom. The van der Waals surface area contributed by atoms with Gasteiger partial charge in [-0.3, -0.25) is 4.79 Å². The van der Waals surface area contributed by atoms with Gasteiger partial charge in [-0.2, -0.15) is 0 Å². The number of benzene rings is 1. The van der Waals surface area contributed by atoms with Crippen LogP contribution in [-0.2, 0) is 4.79 Å². The molecule has 0 radical (unpaired) electrons. The minimum atomic E-state index is 0.0726. The highest BCUT2D eigenvalue weighted by Crippen LogP contribution is 2.27. The van der Waals surface area contributed by atoms with Gasteiger partial charge in [0.05, 0.1) is 0 Å². The maximum Gasteiger partial charge on any atom is 0.224 e. The summed E-state index contributed by atoms with van der Waals surface area (Å²) < 4.78 is 0. The number of nitrogens with one attached hydrogen (secondary N) is 2. The van der Waals surface area contributed by atoms with Gasteiger partial charge in [0.2, 0.25) is 5.91 Å². The molecule has 0 bridgehead atoms. The molecule has 118 valence electrons. The highest BCUT2D eigenvalue weighted by atomic mass is 16.1. The topological polar surface area (TPSA) is 57.8 Å². The van der Waals surface area contributed by atoms with Crippen LogP contribution >= 0.6 is 0 Å². The van der Waals surface area contributed by atoms with Gasteiger partial charge >= 0.3 is 0 Å². The Hall–Kier alpha value is -2.62. The SMILES string of the molecule is CC(C)CCC(=O)Nc1ccc(-c2ccnc3[nH]ccc23)cc1. The lowest BCUT2D eigenvalue weighted by Crippen LogP contribution is -2.11. The van der Waals surface area contributed by atoms with E-state index in [4.69, 9.17) is 0 Å². The van der Waals surface area contributed by atoms with Crippen molar-refractivity contribution in [3.05, 3.63) is 48.8 Å². The van der Waals surface area contributed by atoms with Crippen molar-refractivity contribution in [1.29, 1.82) is 0 Å². The van der Waals surface area contributed by atoms with Crippen molar-refractivity contribution >= 4 is 22.6 Å². The summed E-state index contributed by atoms with van der Waals surface area (Å²) in [6, 6.07) is 12.0. The number of rotatable bonds is 5. The third-order valence-corrected chi connectivity index (χ3v) is 3.89. The average molecular weight is 307 g/mol. The number of carbonyl (C=O) groups is 1. The van der Waals surface area contributed by atoms with Crippen LogP contribution in [0.25, 0.3) is 22.2 Å². The van der Waals surface area contributed by atoms with Crippen LogP contribution < -0.4 is 5.32 Å². The average Bonchev–Trinajstić information content (AvgIpc) is 3.02. The Bertz CT molecular complexity index is 803. The first kappa shape index (κ1) is 15.3. The van der Waals surface area contributed by atoms with Crippen LogP contribution in [0.15, 0.2) is 48.8 Å². The molecule has 23 heavy (non-hydrogen) atoms. The zero-order valence-electron chi connectivity index (χ0n) is 13.5. The Labute approximate surface area is 136 Å². The van der Waals surface area contributed by atoms with Crippen LogP contribution in [-0.4, -0.2) is 15.9 Å². The highest BCUT2D eigenvalue weighted by Gasteiger charge is 2.07. The van der Waals surface area contributed by atoms with Crippen molar-refractivity contribution in [1.82, 2.24) is 9.97 Å². The first-order valence-corrected chi connectivity index (χ1v) is 7.96. The van der Waals surface area contributed by atoms with Crippen LogP contribution in [0.1, 0.15) is 26.7 Å². The van der Waals surface area contributed by atoms with Crippen molar-refractivity contribution in [2.75, 3.05) is 5.32 Å². The standard InChI is InChI=1S/C19H21N3O/c1-13(2)3-8-18(23)22-15-6-4-14(5-7-15)16-9-11-20-19-17(16)10-12-21-19/h4-7,9-13H,3,8H2,1-2H3,(H,20,21)(H,22,23). The van der Waals surface area contributed by atoms with E-state index < -0.39 is 0 Å². The number of nitrogens with zero attached hydrogens (tertiary/aromatic N) is 1. The minimum Gasteiger partial charge on any atom is -0.346 e. The van der Waals surface area contributed by atoms with Crippen molar-refractivity contribution < 1.29 is 4.79 Å². The van der Waals surface area contributed by atoms with Gasteiger partial charge in [-0.15, -0.1) is 0 Å². The molecule has 4 heteroatoms. The van der Waals surface area contributed by atoms with Crippen LogP contribution in [0.5, 0.6) is 0 Å². The lowest BCUT2D eigenvalue weighted by Gasteiger charge is -2.08. The number of hydrogen-bond donors (Lipinski definition) is 2. The number of H-pyrrole nitrogens is 1. The van der Waals surface area contributed by atoms with Crippen molar-refractivity contribution in [2.45, 2.75) is 26.7 Å². The number of pyridine rings is 1. The molecule has 1 aromatic carbocycles. The summed E-state index contributed by atoms with van der Waals surface area (Å²) in [5.74, 6) is 0.613. The van der Waals surface area contributed by atoms with Gasteiger partial charge in [0.15, 0.2) is 0 Å². The molecule has 2 N–H and O–H groups in total. The maximum atomic E-state index is 11.9. The molecule has 0 saturated carbocycles. The van der Waals surface area contributed by atoms with Crippen molar-refractivity contribution in [3.63, 3.8) is 0 Å². The molecule has 0 fully saturated rings. The number of aromatic amines is 1. The lowest BCUT2D eigenvalue weighted by molar-refractivity contribution is -0.116. The Kier molecular flexibility index (Phi) is 4.42. The van der Waals surface area contributed by atoms with Crippen LogP contribution in [0.3, 0.4) is 0 Å². The summed E-state index contributed by atoms with van der Waals surface area (Å²) in [5.41, 5.74) is 3.96. The fraction of sp³-hybridized carbons (Fsp3) is 0.263. The predicted molar refractivity (Wildman–Crippen MR) is 94.2 cm³/mol. The van der Waals surface area contributed by atoms with E-state index in [0.717, 1.165) is 34.3 Å². The van der Waals surface area contributed by atoms with Gasteiger partial charge in [-0.05, 0) is 47.7 Å². The van der Waals surface area contributed by atoms with Crippen molar-refractivity contribution in [2.24, 2.45) is 5.92 Å². The molecule has 4 nitrogen and oxygen atoms in total. The van der Waals surface area contributed by atoms with E-state index >= 15 is 0 Å². The number of anilines is 1. The Balaban J connectivity index is 1.75. The van der Waals surface area contributed by atoms with Crippen molar-refractivity contribution in [3.8, 4) is 11.1 Å². The minimum absolute atomic E-state index is 0.0726. The quantitative estimate of drug-likeness (QED) is 0.723. The van der Waals surface area contributed by atoms with Crippen LogP contribution in [0, 0.1) is 5.92 Å². The van der Waals surface area contributed by atoms with Crippen LogP contribution in [0.2, 0.25) is 0 Å². The molecule has 0 spiro atoms. The first-order chi connectivity index (χ1) is 11.1. The molecular weight excluding hydrogens is 286 g/mol. The number of carbonyl (C=O) groups excluding carboxylic acids is 1. The van der Waals surface area contributed by atoms with E-state index in [2.05, 4.69) is 29.1 Å². The molecule has 0 aliphatic rings. The van der Waals surface area contributed by atoms with Gasteiger partial charge in [-0.25, -0.2) is 4.98 Å². The number of aromatic nitrogens is 2. The van der Waals surface area contributed by atoms with Crippen LogP contribution in [0.4, 0.5) is 5.69 Å². The Morgan fingerprint density at radius 1 is 1.17 bits per heavy atom. The normalized spacial score (nSPS) is 11.1. The summed E-state index contributed by atoms with van der Waals surface area (Å²) in [5, 5.41) is 4.05. The third kappa shape index (κ3) is 3.59. The monoisotopic (exact) mass is 307 g/mol. The van der Waals surface area contributed by atoms with Gasteiger partial charge in [0.25, 0.3) is 0 Å². The molecule has 0 saturated heterocycles. The molecule has 2 heterocycles. The lowest BCUT2D eigenvalue weighted by atomic mass is 10.0. The van der Waals surface area contributed by atoms with E-state index in [1.807, 2.05) is 42.6 Å². The third-order valence-electron chi connectivity index (χ3n) is 3.89. The van der Waals surface area contributed by atoms with Gasteiger partial charge < -0.3 is 10.3 Å². The molecule has 3 aromatic rings. The summed E-state index contributed by atoms with van der Waals surface area (Å²) in [6.45, 7) is 4.25. The highest BCUT2D eigenvalue weighted by molar-refractivity contribution is 5.94. The first-order valence-electron chi connectivity index (χ1n) is 7.96. The number of hydrogen-bond acceptors (Lipinski definition) is 2. The summed E-state index contributed by atoms with van der Waals surface area (Å²) >= 11 is 0. The maximum absolute atomic E-state index is 11.9. The zero-order chi connectivity index (χ0) is 16.2. The second-order valence-corrected chi connectivity index (χ2v) is 6.16. The molecule has 0 aliphatic carbocycles. The van der Waals surface area contributed by atoms with E-state index in [1.54, 1.807) is 6.20 Å². The van der Waals surface area contributed by atoms with E-state index in [-0.39, 0.29) is 5.91 Å². The molecule has 0 atom stereocenters. The smallest absolute Gasteiger partial charge is 0.224 e. The molecule has 0 aliphatic heterocycles. The van der Waals surface area contributed by atoms with Gasteiger partial charge in [-0.1, -0.05) is 26.0 Å². The largest absolute Gasteiger partial charge is 0.346 e. The zero-order valence-corrected chi connectivity index (χ0v) is 13.5. The molecular formula is C19H21N3O. The summed E-state index contributed by atoms with van der Waals surface area (Å²) in [7, 11) is 0. The van der Waals surface area contributed by atoms with E-state index in [0.29, 0.717) is 12.3 Å². The number of fused-ring (bicyclic) bond motifs is 1. The summed E-state index contributed by atoms with van der Waals surface area (Å²) in [4.78, 5) is 19.3. The second-order valence-electron chi connectivity index (χ2n) is 6.16. The van der Waals surface area contributed by atoms with E-state index in [9.17, 15) is 4.79 Å². The second kappa shape index (κ2) is 6.65. The summed E-state index contributed by atoms with van der Waals surface area (Å²) in [6.07, 6.45) is 5.17. The molecule has 1 amide bonds. The molecule has 3 rings (SSSR count). The van der Waals surface area contributed by atoms with Gasteiger partial charge in [0.1, 0.15) is 5.65 Å². The van der Waals surface area contributed by atoms with Gasteiger partial charge in [0, 0.05) is 29.9 Å². The predicted octanol–water partition coefficient (Wildman–Crippen LogP) is 4.60. The number of amides is 1.